The van der Waals surface area contributed by atoms with Gasteiger partial charge < -0.3 is 10.2 Å². The molecule has 18 heavy (non-hydrogen) atoms. The molecular formula is C15H30N2S. The molecule has 1 atom stereocenters. The van der Waals surface area contributed by atoms with Gasteiger partial charge in [0.2, 0.25) is 0 Å². The number of thioether (sulfide) groups is 1. The zero-order valence-electron chi connectivity index (χ0n) is 12.0. The highest BCUT2D eigenvalue weighted by Gasteiger charge is 2.18. The monoisotopic (exact) mass is 270 g/mol. The van der Waals surface area contributed by atoms with Gasteiger partial charge in [-0.2, -0.15) is 11.8 Å². The third-order valence-electron chi connectivity index (χ3n) is 4.44. The van der Waals surface area contributed by atoms with Gasteiger partial charge in [-0.05, 0) is 31.7 Å². The Labute approximate surface area is 117 Å². The molecule has 1 N–H and O–H groups in total. The number of nitrogens with zero attached hydrogens (tertiary/aromatic N) is 1. The molecule has 0 spiro atoms. The normalized spacial score (nSPS) is 27.5. The molecule has 0 aromatic carbocycles. The molecule has 1 unspecified atom stereocenters. The minimum Gasteiger partial charge on any atom is -0.315 e. The van der Waals surface area contributed by atoms with Crippen LogP contribution >= 0.6 is 11.8 Å². The predicted molar refractivity (Wildman–Crippen MR) is 82.4 cm³/mol. The highest BCUT2D eigenvalue weighted by atomic mass is 32.2. The van der Waals surface area contributed by atoms with E-state index in [0.29, 0.717) is 0 Å². The van der Waals surface area contributed by atoms with Gasteiger partial charge in [0.15, 0.2) is 0 Å². The Kier molecular flexibility index (Phi) is 6.88. The lowest BCUT2D eigenvalue weighted by Gasteiger charge is -2.32. The van der Waals surface area contributed by atoms with E-state index in [1.54, 1.807) is 0 Å². The Morgan fingerprint density at radius 2 is 2.06 bits per heavy atom. The van der Waals surface area contributed by atoms with Crippen molar-refractivity contribution >= 4 is 11.8 Å². The van der Waals surface area contributed by atoms with Gasteiger partial charge in [-0.1, -0.05) is 26.2 Å². The summed E-state index contributed by atoms with van der Waals surface area (Å²) < 4.78 is 0. The van der Waals surface area contributed by atoms with E-state index in [1.807, 2.05) is 0 Å². The Morgan fingerprint density at radius 1 is 1.22 bits per heavy atom. The SMILES string of the molecule is CCC1CN(CCNCC2CCCCC2)CCS1. The van der Waals surface area contributed by atoms with E-state index in [4.69, 9.17) is 0 Å². The van der Waals surface area contributed by atoms with E-state index >= 15 is 0 Å². The standard InChI is InChI=1S/C15H30N2S/c1-2-15-13-17(10-11-18-15)9-8-16-12-14-6-4-3-5-7-14/h14-16H,2-13H2,1H3. The maximum atomic E-state index is 3.69. The van der Waals surface area contributed by atoms with Crippen LogP contribution in [0, 0.1) is 5.92 Å². The summed E-state index contributed by atoms with van der Waals surface area (Å²) in [6.07, 6.45) is 8.66. The molecule has 0 aromatic rings. The van der Waals surface area contributed by atoms with Gasteiger partial charge in [0.25, 0.3) is 0 Å². The molecule has 0 aromatic heterocycles. The fraction of sp³-hybridized carbons (Fsp3) is 1.00. The summed E-state index contributed by atoms with van der Waals surface area (Å²) in [7, 11) is 0. The highest BCUT2D eigenvalue weighted by Crippen LogP contribution is 2.23. The smallest absolute Gasteiger partial charge is 0.0172 e. The molecule has 0 amide bonds. The zero-order chi connectivity index (χ0) is 12.6. The lowest BCUT2D eigenvalue weighted by molar-refractivity contribution is 0.272. The number of hydrogen-bond acceptors (Lipinski definition) is 3. The van der Waals surface area contributed by atoms with Gasteiger partial charge >= 0.3 is 0 Å². The van der Waals surface area contributed by atoms with Crippen LogP contribution in [-0.2, 0) is 0 Å². The Bertz CT molecular complexity index is 217. The third kappa shape index (κ3) is 5.10. The Balaban J connectivity index is 1.52. The van der Waals surface area contributed by atoms with Gasteiger partial charge in [-0.25, -0.2) is 0 Å². The quantitative estimate of drug-likeness (QED) is 0.747. The molecule has 2 rings (SSSR count). The second-order valence-corrected chi connectivity index (χ2v) is 7.32. The molecule has 2 fully saturated rings. The summed E-state index contributed by atoms with van der Waals surface area (Å²) >= 11 is 2.17. The minimum atomic E-state index is 0.886. The molecule has 106 valence electrons. The van der Waals surface area contributed by atoms with Crippen LogP contribution in [0.3, 0.4) is 0 Å². The van der Waals surface area contributed by atoms with E-state index in [1.165, 1.54) is 77.0 Å². The van der Waals surface area contributed by atoms with Crippen LogP contribution in [0.15, 0.2) is 0 Å². The van der Waals surface area contributed by atoms with Crippen molar-refractivity contribution in [2.45, 2.75) is 50.7 Å². The van der Waals surface area contributed by atoms with Crippen LogP contribution in [0.25, 0.3) is 0 Å². The minimum absolute atomic E-state index is 0.886. The predicted octanol–water partition coefficient (Wildman–Crippen LogP) is 2.98. The first-order chi connectivity index (χ1) is 8.88. The maximum absolute atomic E-state index is 3.69. The Morgan fingerprint density at radius 3 is 2.83 bits per heavy atom. The molecule has 1 saturated carbocycles. The van der Waals surface area contributed by atoms with Crippen LogP contribution < -0.4 is 5.32 Å². The van der Waals surface area contributed by atoms with Crippen LogP contribution in [0.2, 0.25) is 0 Å². The van der Waals surface area contributed by atoms with Gasteiger partial charge in [0.1, 0.15) is 0 Å². The summed E-state index contributed by atoms with van der Waals surface area (Å²) in [5, 5.41) is 4.57. The van der Waals surface area contributed by atoms with Crippen molar-refractivity contribution in [3.63, 3.8) is 0 Å². The maximum Gasteiger partial charge on any atom is 0.0172 e. The highest BCUT2D eigenvalue weighted by molar-refractivity contribution is 8.00. The van der Waals surface area contributed by atoms with E-state index < -0.39 is 0 Å². The molecule has 2 aliphatic rings. The van der Waals surface area contributed by atoms with Crippen LogP contribution in [0.5, 0.6) is 0 Å². The zero-order valence-corrected chi connectivity index (χ0v) is 12.8. The lowest BCUT2D eigenvalue weighted by atomic mass is 9.89. The topological polar surface area (TPSA) is 15.3 Å². The summed E-state index contributed by atoms with van der Waals surface area (Å²) in [4.78, 5) is 2.65. The van der Waals surface area contributed by atoms with Crippen molar-refractivity contribution in [3.05, 3.63) is 0 Å². The summed E-state index contributed by atoms with van der Waals surface area (Å²) in [5.74, 6) is 2.31. The summed E-state index contributed by atoms with van der Waals surface area (Å²) in [6.45, 7) is 8.64. The lowest BCUT2D eigenvalue weighted by Crippen LogP contribution is -2.41. The molecule has 1 heterocycles. The van der Waals surface area contributed by atoms with Crippen molar-refractivity contribution < 1.29 is 0 Å². The average Bonchev–Trinajstić information content (AvgIpc) is 2.45. The van der Waals surface area contributed by atoms with Crippen molar-refractivity contribution in [3.8, 4) is 0 Å². The number of rotatable bonds is 6. The van der Waals surface area contributed by atoms with Crippen molar-refractivity contribution in [1.82, 2.24) is 10.2 Å². The van der Waals surface area contributed by atoms with Gasteiger partial charge in [0, 0.05) is 37.2 Å². The second kappa shape index (κ2) is 8.44. The summed E-state index contributed by atoms with van der Waals surface area (Å²) in [6, 6.07) is 0. The van der Waals surface area contributed by atoms with Crippen LogP contribution in [0.1, 0.15) is 45.4 Å². The van der Waals surface area contributed by atoms with E-state index in [0.717, 1.165) is 11.2 Å². The molecule has 1 saturated heterocycles. The molecular weight excluding hydrogens is 240 g/mol. The molecule has 0 bridgehead atoms. The number of hydrogen-bond donors (Lipinski definition) is 1. The second-order valence-electron chi connectivity index (χ2n) is 5.91. The molecule has 1 aliphatic carbocycles. The first-order valence-electron chi connectivity index (χ1n) is 7.93. The molecule has 2 nitrogen and oxygen atoms in total. The fourth-order valence-corrected chi connectivity index (χ4v) is 4.41. The van der Waals surface area contributed by atoms with Crippen LogP contribution in [-0.4, -0.2) is 48.6 Å². The average molecular weight is 270 g/mol. The first kappa shape index (κ1) is 14.7. The van der Waals surface area contributed by atoms with Gasteiger partial charge in [-0.3, -0.25) is 0 Å². The van der Waals surface area contributed by atoms with E-state index in [2.05, 4.69) is 28.9 Å². The largest absolute Gasteiger partial charge is 0.315 e. The number of nitrogens with one attached hydrogen (secondary N) is 1. The fourth-order valence-electron chi connectivity index (χ4n) is 3.17. The summed E-state index contributed by atoms with van der Waals surface area (Å²) in [5.41, 5.74) is 0. The van der Waals surface area contributed by atoms with Gasteiger partial charge in [0.05, 0.1) is 0 Å². The molecule has 1 aliphatic heterocycles. The Hall–Kier alpha value is 0.270. The van der Waals surface area contributed by atoms with Crippen molar-refractivity contribution in [2.75, 3.05) is 38.5 Å². The van der Waals surface area contributed by atoms with Crippen LogP contribution in [0.4, 0.5) is 0 Å². The first-order valence-corrected chi connectivity index (χ1v) is 8.98. The van der Waals surface area contributed by atoms with E-state index in [9.17, 15) is 0 Å². The molecule has 0 radical (unpaired) electrons. The van der Waals surface area contributed by atoms with Crippen molar-refractivity contribution in [1.29, 1.82) is 0 Å². The van der Waals surface area contributed by atoms with E-state index in [-0.39, 0.29) is 0 Å². The third-order valence-corrected chi connectivity index (χ3v) is 5.81. The van der Waals surface area contributed by atoms with Gasteiger partial charge in [-0.15, -0.1) is 0 Å². The van der Waals surface area contributed by atoms with Crippen molar-refractivity contribution in [2.24, 2.45) is 5.92 Å². The molecule has 3 heteroatoms.